The number of halogens is 1. The summed E-state index contributed by atoms with van der Waals surface area (Å²) in [6.07, 6.45) is 2.86. The number of carbonyl (C=O) groups is 1. The third-order valence-corrected chi connectivity index (χ3v) is 6.81. The molecule has 7 heteroatoms. The van der Waals surface area contributed by atoms with Crippen LogP contribution in [0.25, 0.3) is 6.08 Å². The molecule has 0 radical (unpaired) electrons. The molecule has 1 aliphatic heterocycles. The Morgan fingerprint density at radius 2 is 1.97 bits per heavy atom. The lowest BCUT2D eigenvalue weighted by Gasteiger charge is -2.13. The average molecular weight is 520 g/mol. The second kappa shape index (κ2) is 10.6. The van der Waals surface area contributed by atoms with Crippen molar-refractivity contribution in [3.8, 4) is 11.8 Å². The summed E-state index contributed by atoms with van der Waals surface area (Å²) in [6.45, 7) is 2.42. The highest BCUT2D eigenvalue weighted by atomic mass is 79.9. The van der Waals surface area contributed by atoms with Gasteiger partial charge in [0.2, 0.25) is 0 Å². The molecule has 0 saturated carbocycles. The normalized spacial score (nSPS) is 16.3. The number of aryl methyl sites for hydroxylation is 1. The molecule has 4 rings (SSSR count). The molecular weight excluding hydrogens is 498 g/mol. The van der Waals surface area contributed by atoms with Crippen LogP contribution in [0.2, 0.25) is 0 Å². The van der Waals surface area contributed by atoms with Crippen LogP contribution in [0.1, 0.15) is 29.2 Å². The van der Waals surface area contributed by atoms with Crippen molar-refractivity contribution >= 4 is 45.4 Å². The van der Waals surface area contributed by atoms with Crippen LogP contribution in [0.3, 0.4) is 0 Å². The van der Waals surface area contributed by atoms with E-state index in [-0.39, 0.29) is 11.4 Å². The maximum Gasteiger partial charge on any atom is 0.260 e. The Morgan fingerprint density at radius 1 is 1.18 bits per heavy atom. The molecule has 1 atom stereocenters. The fraction of sp³-hybridized carbons (Fsp3) is 0.154. The molecule has 0 bridgehead atoms. The summed E-state index contributed by atoms with van der Waals surface area (Å²) in [4.78, 5) is 13.1. The molecule has 0 aromatic heterocycles. The largest absolute Gasteiger partial charge is 0.488 e. The Hall–Kier alpha value is -3.21. The topological polar surface area (TPSA) is 74.2 Å². The quantitative estimate of drug-likeness (QED) is 0.371. The van der Waals surface area contributed by atoms with Crippen molar-refractivity contribution in [2.75, 3.05) is 5.32 Å². The summed E-state index contributed by atoms with van der Waals surface area (Å²) >= 11 is 5.00. The minimum absolute atomic E-state index is 0.104. The third kappa shape index (κ3) is 5.78. The molecule has 0 unspecified atom stereocenters. The van der Waals surface area contributed by atoms with E-state index in [1.165, 1.54) is 17.3 Å². The molecule has 3 aromatic carbocycles. The zero-order valence-electron chi connectivity index (χ0n) is 18.0. The number of hydrogen-bond acceptors (Lipinski definition) is 5. The number of ether oxygens (including phenoxy) is 1. The number of thioether (sulfide) groups is 1. The SMILES string of the molecule is CCc1ccc(N[C@H]2NC(=O)/C(=C/c3ccc(OCc4ccccc4C#N)c(Br)c3)S2)cc1. The van der Waals surface area contributed by atoms with Crippen molar-refractivity contribution in [1.82, 2.24) is 5.32 Å². The predicted molar refractivity (Wildman–Crippen MR) is 137 cm³/mol. The molecule has 2 N–H and O–H groups in total. The number of amides is 1. The molecule has 1 aliphatic rings. The number of nitrogens with one attached hydrogen (secondary N) is 2. The highest BCUT2D eigenvalue weighted by molar-refractivity contribution is 9.10. The Labute approximate surface area is 206 Å². The standard InChI is InChI=1S/C26H22BrN3O2S/c1-2-17-7-10-21(11-8-17)29-26-30-25(31)24(33-26)14-18-9-12-23(22(27)13-18)32-16-20-6-4-3-5-19(20)15-28/h3-14,26,29H,2,16H2,1H3,(H,30,31)/b24-14-/t26-/m0/s1. The second-order valence-electron chi connectivity index (χ2n) is 7.42. The first-order valence-corrected chi connectivity index (χ1v) is 12.2. The molecule has 1 amide bonds. The molecule has 3 aromatic rings. The van der Waals surface area contributed by atoms with Gasteiger partial charge in [0, 0.05) is 11.3 Å². The first-order valence-electron chi connectivity index (χ1n) is 10.5. The van der Waals surface area contributed by atoms with Crippen LogP contribution in [0, 0.1) is 11.3 Å². The monoisotopic (exact) mass is 519 g/mol. The van der Waals surface area contributed by atoms with E-state index < -0.39 is 0 Å². The third-order valence-electron chi connectivity index (χ3n) is 5.17. The summed E-state index contributed by atoms with van der Waals surface area (Å²) in [7, 11) is 0. The van der Waals surface area contributed by atoms with Crippen LogP contribution < -0.4 is 15.4 Å². The minimum Gasteiger partial charge on any atom is -0.488 e. The summed E-state index contributed by atoms with van der Waals surface area (Å²) in [5, 5.41) is 15.5. The lowest BCUT2D eigenvalue weighted by Crippen LogP contribution is -2.30. The summed E-state index contributed by atoms with van der Waals surface area (Å²) in [5.74, 6) is 0.565. The van der Waals surface area contributed by atoms with Gasteiger partial charge < -0.3 is 15.4 Å². The van der Waals surface area contributed by atoms with E-state index in [4.69, 9.17) is 4.74 Å². The van der Waals surface area contributed by atoms with E-state index >= 15 is 0 Å². The Balaban J connectivity index is 1.40. The van der Waals surface area contributed by atoms with Crippen molar-refractivity contribution in [3.63, 3.8) is 0 Å². The molecule has 0 spiro atoms. The zero-order chi connectivity index (χ0) is 23.2. The number of benzene rings is 3. The van der Waals surface area contributed by atoms with Gasteiger partial charge in [0.15, 0.2) is 5.50 Å². The van der Waals surface area contributed by atoms with Gasteiger partial charge in [0.25, 0.3) is 5.91 Å². The number of nitrogens with zero attached hydrogens (tertiary/aromatic N) is 1. The number of rotatable bonds is 7. The van der Waals surface area contributed by atoms with Crippen molar-refractivity contribution in [3.05, 3.63) is 98.4 Å². The predicted octanol–water partition coefficient (Wildman–Crippen LogP) is 6.06. The lowest BCUT2D eigenvalue weighted by atomic mass is 10.1. The van der Waals surface area contributed by atoms with Gasteiger partial charge in [0.1, 0.15) is 12.4 Å². The Bertz CT molecular complexity index is 1240. The smallest absolute Gasteiger partial charge is 0.260 e. The van der Waals surface area contributed by atoms with Gasteiger partial charge in [-0.05, 0) is 69.9 Å². The molecule has 33 heavy (non-hydrogen) atoms. The Kier molecular flexibility index (Phi) is 7.38. The van der Waals surface area contributed by atoms with Crippen LogP contribution in [0.4, 0.5) is 5.69 Å². The highest BCUT2D eigenvalue weighted by Gasteiger charge is 2.27. The van der Waals surface area contributed by atoms with Gasteiger partial charge in [-0.15, -0.1) is 0 Å². The van der Waals surface area contributed by atoms with Crippen LogP contribution >= 0.6 is 27.7 Å². The van der Waals surface area contributed by atoms with E-state index in [0.717, 1.165) is 27.7 Å². The molecule has 5 nitrogen and oxygen atoms in total. The van der Waals surface area contributed by atoms with E-state index in [9.17, 15) is 10.1 Å². The van der Waals surface area contributed by atoms with Crippen LogP contribution in [0.5, 0.6) is 5.75 Å². The summed E-state index contributed by atoms with van der Waals surface area (Å²) < 4.78 is 6.68. The average Bonchev–Trinajstić information content (AvgIpc) is 3.17. The van der Waals surface area contributed by atoms with E-state index in [1.54, 1.807) is 6.07 Å². The van der Waals surface area contributed by atoms with Gasteiger partial charge in [0.05, 0.1) is 21.0 Å². The molecule has 1 heterocycles. The van der Waals surface area contributed by atoms with Crippen LogP contribution in [-0.2, 0) is 17.8 Å². The second-order valence-corrected chi connectivity index (χ2v) is 9.42. The van der Waals surface area contributed by atoms with Crippen molar-refractivity contribution in [2.45, 2.75) is 25.4 Å². The molecule has 1 saturated heterocycles. The van der Waals surface area contributed by atoms with Crippen LogP contribution in [0.15, 0.2) is 76.1 Å². The Morgan fingerprint density at radius 3 is 2.70 bits per heavy atom. The molecule has 1 fully saturated rings. The van der Waals surface area contributed by atoms with Crippen molar-refractivity contribution < 1.29 is 9.53 Å². The van der Waals surface area contributed by atoms with Crippen molar-refractivity contribution in [2.24, 2.45) is 0 Å². The lowest BCUT2D eigenvalue weighted by molar-refractivity contribution is -0.116. The summed E-state index contributed by atoms with van der Waals surface area (Å²) in [5.41, 5.74) is 4.34. The van der Waals surface area contributed by atoms with E-state index in [1.807, 2.05) is 54.6 Å². The van der Waals surface area contributed by atoms with E-state index in [0.29, 0.717) is 22.8 Å². The fourth-order valence-electron chi connectivity index (χ4n) is 3.34. The number of carbonyl (C=O) groups excluding carboxylic acids is 1. The van der Waals surface area contributed by atoms with Crippen LogP contribution in [-0.4, -0.2) is 11.4 Å². The first-order chi connectivity index (χ1) is 16.1. The maximum absolute atomic E-state index is 12.4. The van der Waals surface area contributed by atoms with Gasteiger partial charge in [-0.25, -0.2) is 0 Å². The minimum atomic E-state index is -0.220. The van der Waals surface area contributed by atoms with Gasteiger partial charge in [-0.1, -0.05) is 55.1 Å². The van der Waals surface area contributed by atoms with Crippen molar-refractivity contribution in [1.29, 1.82) is 5.26 Å². The first kappa shape index (κ1) is 23.0. The molecule has 166 valence electrons. The van der Waals surface area contributed by atoms with Gasteiger partial charge in [-0.3, -0.25) is 4.79 Å². The fourth-order valence-corrected chi connectivity index (χ4v) is 4.84. The maximum atomic E-state index is 12.4. The highest BCUT2D eigenvalue weighted by Crippen LogP contribution is 2.33. The number of nitriles is 1. The number of anilines is 1. The van der Waals surface area contributed by atoms with Gasteiger partial charge in [-0.2, -0.15) is 5.26 Å². The van der Waals surface area contributed by atoms with Gasteiger partial charge >= 0.3 is 0 Å². The summed E-state index contributed by atoms with van der Waals surface area (Å²) in [6, 6.07) is 23.4. The molecular formula is C26H22BrN3O2S. The molecule has 0 aliphatic carbocycles. The van der Waals surface area contributed by atoms with E-state index in [2.05, 4.69) is 51.7 Å². The number of hydrogen-bond donors (Lipinski definition) is 2. The zero-order valence-corrected chi connectivity index (χ0v) is 20.4.